The molecule has 0 amide bonds. The van der Waals surface area contributed by atoms with E-state index in [1.807, 2.05) is 13.8 Å². The summed E-state index contributed by atoms with van der Waals surface area (Å²) >= 11 is 0. The van der Waals surface area contributed by atoms with Crippen LogP contribution >= 0.6 is 0 Å². The molecule has 1 aliphatic rings. The minimum Gasteiger partial charge on any atom is -0.508 e. The van der Waals surface area contributed by atoms with Crippen molar-refractivity contribution in [1.29, 1.82) is 0 Å². The van der Waals surface area contributed by atoms with Gasteiger partial charge in [-0.3, -0.25) is 4.79 Å². The third-order valence-corrected chi connectivity index (χ3v) is 4.55. The van der Waals surface area contributed by atoms with E-state index in [1.54, 1.807) is 0 Å². The Kier molecular flexibility index (Phi) is 6.46. The molecule has 1 saturated carbocycles. The molecule has 26 heavy (non-hydrogen) atoms. The molecule has 5 atom stereocenters. The Bertz CT molecular complexity index is 642. The number of carbonyl (C=O) groups is 1. The number of aromatic hydroxyl groups is 2. The number of aliphatic hydroxyl groups is 4. The fraction of sp³-hybridized carbons (Fsp3) is 0.611. The first kappa shape index (κ1) is 20.4. The van der Waals surface area contributed by atoms with E-state index in [-0.39, 0.29) is 35.8 Å². The van der Waals surface area contributed by atoms with Gasteiger partial charge < -0.3 is 35.4 Å². The van der Waals surface area contributed by atoms with E-state index >= 15 is 0 Å². The molecule has 1 aliphatic carbocycles. The van der Waals surface area contributed by atoms with E-state index in [4.69, 9.17) is 4.74 Å². The van der Waals surface area contributed by atoms with Crippen LogP contribution in [0, 0.1) is 11.8 Å². The SMILES string of the molecule is CC(C)CC(=O)c1c(O)cc(O)cc1O[C@@H]1CC(CO)[C@H](O)[C@H](O)[C@@H]1O. The molecular weight excluding hydrogens is 344 g/mol. The van der Waals surface area contributed by atoms with Crippen molar-refractivity contribution < 1.29 is 40.2 Å². The first-order valence-corrected chi connectivity index (χ1v) is 8.56. The molecule has 0 radical (unpaired) electrons. The summed E-state index contributed by atoms with van der Waals surface area (Å²) in [5, 5.41) is 59.1. The van der Waals surface area contributed by atoms with Crippen molar-refractivity contribution >= 4 is 5.78 Å². The Hall–Kier alpha value is -1.87. The lowest BCUT2D eigenvalue weighted by Gasteiger charge is -2.39. The Morgan fingerprint density at radius 2 is 1.81 bits per heavy atom. The van der Waals surface area contributed by atoms with Crippen LogP contribution in [-0.2, 0) is 0 Å². The minimum atomic E-state index is -1.54. The third-order valence-electron chi connectivity index (χ3n) is 4.55. The van der Waals surface area contributed by atoms with E-state index in [1.165, 1.54) is 0 Å². The fourth-order valence-electron chi connectivity index (χ4n) is 3.17. The van der Waals surface area contributed by atoms with Gasteiger partial charge in [0.2, 0.25) is 0 Å². The molecule has 0 saturated heterocycles. The molecule has 0 aromatic heterocycles. The fourth-order valence-corrected chi connectivity index (χ4v) is 3.17. The van der Waals surface area contributed by atoms with Gasteiger partial charge in [-0.05, 0) is 12.3 Å². The summed E-state index contributed by atoms with van der Waals surface area (Å²) in [7, 11) is 0. The van der Waals surface area contributed by atoms with Gasteiger partial charge in [-0.1, -0.05) is 13.8 Å². The van der Waals surface area contributed by atoms with Crippen molar-refractivity contribution in [3.05, 3.63) is 17.7 Å². The quantitative estimate of drug-likeness (QED) is 0.388. The van der Waals surface area contributed by atoms with Gasteiger partial charge in [0.1, 0.15) is 41.1 Å². The number of hydrogen-bond donors (Lipinski definition) is 6. The van der Waals surface area contributed by atoms with Crippen LogP contribution in [0.2, 0.25) is 0 Å². The van der Waals surface area contributed by atoms with Crippen LogP contribution in [0.4, 0.5) is 0 Å². The molecule has 8 heteroatoms. The van der Waals surface area contributed by atoms with Crippen molar-refractivity contribution in [1.82, 2.24) is 0 Å². The van der Waals surface area contributed by atoms with Crippen LogP contribution in [0.5, 0.6) is 17.2 Å². The number of ketones is 1. The second-order valence-corrected chi connectivity index (χ2v) is 7.17. The summed E-state index contributed by atoms with van der Waals surface area (Å²) in [5.74, 6) is -1.99. The molecule has 0 heterocycles. The Morgan fingerprint density at radius 3 is 2.38 bits per heavy atom. The van der Waals surface area contributed by atoms with Gasteiger partial charge in [-0.25, -0.2) is 0 Å². The van der Waals surface area contributed by atoms with Crippen molar-refractivity contribution in [2.75, 3.05) is 6.61 Å². The lowest BCUT2D eigenvalue weighted by molar-refractivity contribution is -0.157. The van der Waals surface area contributed by atoms with E-state index in [0.717, 1.165) is 12.1 Å². The first-order chi connectivity index (χ1) is 12.1. The van der Waals surface area contributed by atoms with E-state index in [0.29, 0.717) is 0 Å². The second-order valence-electron chi connectivity index (χ2n) is 7.17. The van der Waals surface area contributed by atoms with Crippen LogP contribution in [-0.4, -0.2) is 67.4 Å². The summed E-state index contributed by atoms with van der Waals surface area (Å²) in [6.07, 6.45) is -5.20. The van der Waals surface area contributed by atoms with Crippen LogP contribution in [0.3, 0.4) is 0 Å². The number of phenols is 2. The van der Waals surface area contributed by atoms with Gasteiger partial charge in [0, 0.05) is 31.1 Å². The van der Waals surface area contributed by atoms with E-state index in [2.05, 4.69) is 0 Å². The van der Waals surface area contributed by atoms with Crippen LogP contribution < -0.4 is 4.74 Å². The highest BCUT2D eigenvalue weighted by atomic mass is 16.5. The maximum atomic E-state index is 12.5. The molecule has 0 aliphatic heterocycles. The van der Waals surface area contributed by atoms with Crippen LogP contribution in [0.25, 0.3) is 0 Å². The van der Waals surface area contributed by atoms with Gasteiger partial charge in [0.25, 0.3) is 0 Å². The van der Waals surface area contributed by atoms with Gasteiger partial charge in [0.15, 0.2) is 5.78 Å². The average Bonchev–Trinajstić information content (AvgIpc) is 2.54. The first-order valence-electron chi connectivity index (χ1n) is 8.56. The van der Waals surface area contributed by atoms with Crippen molar-refractivity contribution in [2.45, 2.75) is 51.1 Å². The predicted octanol–water partition coefficient (Wildman–Crippen LogP) is 0.169. The van der Waals surface area contributed by atoms with Gasteiger partial charge in [-0.2, -0.15) is 0 Å². The maximum Gasteiger partial charge on any atom is 0.170 e. The molecule has 6 N–H and O–H groups in total. The highest BCUT2D eigenvalue weighted by Crippen LogP contribution is 2.37. The monoisotopic (exact) mass is 370 g/mol. The lowest BCUT2D eigenvalue weighted by Crippen LogP contribution is -2.56. The standard InChI is InChI=1S/C18H26O8/c1-8(2)3-11(21)15-12(22)5-10(20)6-13(15)26-14-4-9(7-19)16(23)18(25)17(14)24/h5-6,8-9,14,16-20,22-25H,3-4,7H2,1-2H3/t9?,14-,16+,17-,18+/m1/s1. The zero-order valence-corrected chi connectivity index (χ0v) is 14.7. The zero-order chi connectivity index (χ0) is 19.6. The number of hydrogen-bond acceptors (Lipinski definition) is 8. The molecular formula is C18H26O8. The Balaban J connectivity index is 2.34. The molecule has 1 aromatic rings. The summed E-state index contributed by atoms with van der Waals surface area (Å²) in [5.41, 5.74) is -0.120. The largest absolute Gasteiger partial charge is 0.508 e. The van der Waals surface area contributed by atoms with Gasteiger partial charge >= 0.3 is 0 Å². The number of carbonyl (C=O) groups excluding carboxylic acids is 1. The number of phenolic OH excluding ortho intramolecular Hbond substituents is 2. The van der Waals surface area contributed by atoms with Crippen molar-refractivity contribution in [3.63, 3.8) is 0 Å². The number of Topliss-reactive ketones (excluding diaryl/α,β-unsaturated/α-hetero) is 1. The molecule has 1 fully saturated rings. The third kappa shape index (κ3) is 4.27. The summed E-state index contributed by atoms with van der Waals surface area (Å²) < 4.78 is 5.64. The normalized spacial score (nSPS) is 29.0. The smallest absolute Gasteiger partial charge is 0.170 e. The second kappa shape index (κ2) is 8.22. The van der Waals surface area contributed by atoms with Crippen molar-refractivity contribution in [3.8, 4) is 17.2 Å². The zero-order valence-electron chi connectivity index (χ0n) is 14.7. The summed E-state index contributed by atoms with van der Waals surface area (Å²) in [4.78, 5) is 12.5. The molecule has 146 valence electrons. The highest BCUT2D eigenvalue weighted by Gasteiger charge is 2.44. The molecule has 2 rings (SSSR count). The topological polar surface area (TPSA) is 148 Å². The summed E-state index contributed by atoms with van der Waals surface area (Å²) in [6.45, 7) is 3.25. The van der Waals surface area contributed by atoms with E-state index in [9.17, 15) is 35.4 Å². The van der Waals surface area contributed by atoms with Crippen LogP contribution in [0.15, 0.2) is 12.1 Å². The van der Waals surface area contributed by atoms with Gasteiger partial charge in [-0.15, -0.1) is 0 Å². The molecule has 0 spiro atoms. The van der Waals surface area contributed by atoms with E-state index < -0.39 is 48.5 Å². The predicted molar refractivity (Wildman–Crippen MR) is 91.2 cm³/mol. The molecule has 1 unspecified atom stereocenters. The molecule has 1 aromatic carbocycles. The average molecular weight is 370 g/mol. The van der Waals surface area contributed by atoms with Gasteiger partial charge in [0.05, 0.1) is 6.10 Å². The number of benzene rings is 1. The minimum absolute atomic E-state index is 0.0180. The number of ether oxygens (including phenoxy) is 1. The maximum absolute atomic E-state index is 12.5. The van der Waals surface area contributed by atoms with Crippen molar-refractivity contribution in [2.24, 2.45) is 11.8 Å². The number of rotatable bonds is 6. The number of aliphatic hydroxyl groups excluding tert-OH is 4. The summed E-state index contributed by atoms with van der Waals surface area (Å²) in [6, 6.07) is 2.16. The molecule has 8 nitrogen and oxygen atoms in total. The Labute approximate surface area is 151 Å². The van der Waals surface area contributed by atoms with Crippen LogP contribution in [0.1, 0.15) is 37.0 Å². The highest BCUT2D eigenvalue weighted by molar-refractivity contribution is 6.01. The Morgan fingerprint density at radius 1 is 1.15 bits per heavy atom. The lowest BCUT2D eigenvalue weighted by atomic mass is 9.81. The molecule has 0 bridgehead atoms.